The first-order valence-corrected chi connectivity index (χ1v) is 13.6. The number of esters is 4. The maximum atomic E-state index is 12.8. The van der Waals surface area contributed by atoms with Crippen LogP contribution < -0.4 is 9.47 Å². The third-order valence-electron chi connectivity index (χ3n) is 5.30. The lowest BCUT2D eigenvalue weighted by atomic mass is 10.2. The summed E-state index contributed by atoms with van der Waals surface area (Å²) in [6.45, 7) is 3.02. The molecule has 0 spiro atoms. The van der Waals surface area contributed by atoms with Crippen molar-refractivity contribution in [3.63, 3.8) is 0 Å². The van der Waals surface area contributed by atoms with Gasteiger partial charge in [-0.3, -0.25) is 9.59 Å². The first-order chi connectivity index (χ1) is 21.2. The van der Waals surface area contributed by atoms with Crippen LogP contribution in [0.2, 0.25) is 0 Å². The monoisotopic (exact) mass is 620 g/mol. The molecule has 0 saturated heterocycles. The van der Waals surface area contributed by atoms with E-state index in [1.54, 1.807) is 32.2 Å². The Labute approximate surface area is 254 Å². The molecule has 240 valence electrons. The molecule has 0 saturated carbocycles. The topological polar surface area (TPSA) is 168 Å². The van der Waals surface area contributed by atoms with Gasteiger partial charge >= 0.3 is 30.0 Å². The van der Waals surface area contributed by atoms with Crippen molar-refractivity contribution in [2.75, 3.05) is 60.0 Å². The van der Waals surface area contributed by atoms with E-state index in [4.69, 9.17) is 42.6 Å². The van der Waals surface area contributed by atoms with Gasteiger partial charge in [-0.1, -0.05) is 31.2 Å². The molecular weight excluding hydrogens is 584 g/mol. The number of hydrogen-bond acceptors (Lipinski definition) is 14. The van der Waals surface area contributed by atoms with Crippen LogP contribution in [-0.4, -0.2) is 96.1 Å². The van der Waals surface area contributed by atoms with E-state index in [0.717, 1.165) is 0 Å². The fourth-order valence-electron chi connectivity index (χ4n) is 3.23. The van der Waals surface area contributed by atoms with Gasteiger partial charge in [-0.15, -0.1) is 0 Å². The van der Waals surface area contributed by atoms with Gasteiger partial charge in [0.2, 0.25) is 0 Å². The Bertz CT molecular complexity index is 1230. The molecule has 0 N–H and O–H groups in total. The lowest BCUT2D eigenvalue weighted by Crippen LogP contribution is -2.31. The third kappa shape index (κ3) is 13.6. The molecule has 0 aliphatic rings. The number of carbonyl (C=O) groups excluding carboxylic acids is 5. The Balaban J connectivity index is 2.00. The summed E-state index contributed by atoms with van der Waals surface area (Å²) < 4.78 is 46.4. The van der Waals surface area contributed by atoms with Crippen molar-refractivity contribution >= 4 is 30.0 Å². The van der Waals surface area contributed by atoms with Crippen molar-refractivity contribution < 1.29 is 66.6 Å². The van der Waals surface area contributed by atoms with Crippen molar-refractivity contribution in [1.82, 2.24) is 0 Å². The smallest absolute Gasteiger partial charge is 0.458 e. The summed E-state index contributed by atoms with van der Waals surface area (Å²) >= 11 is 0. The lowest BCUT2D eigenvalue weighted by Gasteiger charge is -2.18. The largest absolute Gasteiger partial charge is 0.508 e. The molecule has 1 atom stereocenters. The maximum Gasteiger partial charge on any atom is 0.508 e. The molecule has 0 aliphatic carbocycles. The van der Waals surface area contributed by atoms with Crippen molar-refractivity contribution in [3.8, 4) is 11.5 Å². The number of ether oxygens (including phenoxy) is 9. The van der Waals surface area contributed by atoms with Gasteiger partial charge in [0.1, 0.15) is 42.4 Å². The molecule has 0 fully saturated rings. The van der Waals surface area contributed by atoms with Crippen LogP contribution in [0.3, 0.4) is 0 Å². The number of benzene rings is 2. The van der Waals surface area contributed by atoms with Crippen LogP contribution in [0.15, 0.2) is 48.5 Å². The van der Waals surface area contributed by atoms with Crippen LogP contribution in [-0.2, 0) is 42.7 Å². The zero-order valence-electron chi connectivity index (χ0n) is 24.8. The molecule has 44 heavy (non-hydrogen) atoms. The van der Waals surface area contributed by atoms with Crippen LogP contribution in [0, 0.1) is 0 Å². The number of hydrogen-bond donors (Lipinski definition) is 0. The molecule has 2 aromatic rings. The Morgan fingerprint density at radius 3 is 1.68 bits per heavy atom. The van der Waals surface area contributed by atoms with Crippen LogP contribution in [0.1, 0.15) is 41.0 Å². The summed E-state index contributed by atoms with van der Waals surface area (Å²) in [4.78, 5) is 61.1. The van der Waals surface area contributed by atoms with Crippen LogP contribution in [0.4, 0.5) is 4.79 Å². The highest BCUT2D eigenvalue weighted by Crippen LogP contribution is 2.21. The van der Waals surface area contributed by atoms with Gasteiger partial charge < -0.3 is 42.6 Å². The second-order valence-corrected chi connectivity index (χ2v) is 8.67. The quantitative estimate of drug-likeness (QED) is 0.0971. The molecule has 0 heterocycles. The van der Waals surface area contributed by atoms with E-state index in [0.29, 0.717) is 19.8 Å². The Morgan fingerprint density at radius 1 is 0.659 bits per heavy atom. The van der Waals surface area contributed by atoms with Gasteiger partial charge in [0.15, 0.2) is 6.10 Å². The zero-order chi connectivity index (χ0) is 32.2. The lowest BCUT2D eigenvalue weighted by molar-refractivity contribution is -0.134. The normalized spacial score (nSPS) is 11.2. The van der Waals surface area contributed by atoms with E-state index in [2.05, 4.69) is 0 Å². The summed E-state index contributed by atoms with van der Waals surface area (Å²) in [6.07, 6.45) is -2.36. The second-order valence-electron chi connectivity index (χ2n) is 8.67. The highest BCUT2D eigenvalue weighted by atomic mass is 16.7. The minimum absolute atomic E-state index is 0.0150. The van der Waals surface area contributed by atoms with E-state index in [1.807, 2.05) is 0 Å². The standard InChI is InChI=1S/C30H36O14/c1-4-27(32)44-26-12-8-6-10-24(26)29(34)41-20-22(43-30(35)39-18-17-38-16-15-37-14-13-36-3)19-40-28(33)23-9-5-7-11-25(23)42-21(2)31/h5-12,22H,4,13-20H2,1-3H3. The summed E-state index contributed by atoms with van der Waals surface area (Å²) in [6, 6.07) is 11.8. The van der Waals surface area contributed by atoms with Crippen LogP contribution in [0.5, 0.6) is 11.5 Å². The molecule has 0 aliphatic heterocycles. The molecule has 14 nitrogen and oxygen atoms in total. The highest BCUT2D eigenvalue weighted by molar-refractivity contribution is 5.94. The number of carbonyl (C=O) groups is 5. The van der Waals surface area contributed by atoms with E-state index >= 15 is 0 Å². The maximum absolute atomic E-state index is 12.8. The summed E-state index contributed by atoms with van der Waals surface area (Å²) in [5, 5.41) is 0. The first kappa shape index (κ1) is 35.7. The summed E-state index contributed by atoms with van der Waals surface area (Å²) in [5.41, 5.74) is -0.109. The van der Waals surface area contributed by atoms with Gasteiger partial charge in [-0.25, -0.2) is 14.4 Å². The zero-order valence-corrected chi connectivity index (χ0v) is 24.8. The Morgan fingerprint density at radius 2 is 1.16 bits per heavy atom. The molecule has 1 unspecified atom stereocenters. The fraction of sp³-hybridized carbons (Fsp3) is 0.433. The third-order valence-corrected chi connectivity index (χ3v) is 5.30. The van der Waals surface area contributed by atoms with Gasteiger partial charge in [-0.05, 0) is 24.3 Å². The molecule has 0 amide bonds. The molecule has 14 heteroatoms. The molecule has 2 rings (SSSR count). The number of methoxy groups -OCH3 is 1. The molecular formula is C30H36O14. The average molecular weight is 621 g/mol. The minimum Gasteiger partial charge on any atom is -0.458 e. The average Bonchev–Trinajstić information content (AvgIpc) is 3.01. The van der Waals surface area contributed by atoms with Crippen molar-refractivity contribution in [3.05, 3.63) is 59.7 Å². The molecule has 0 radical (unpaired) electrons. The highest BCUT2D eigenvalue weighted by Gasteiger charge is 2.24. The molecule has 0 bridgehead atoms. The van der Waals surface area contributed by atoms with Gasteiger partial charge in [0.05, 0.1) is 33.0 Å². The van der Waals surface area contributed by atoms with Crippen molar-refractivity contribution in [2.24, 2.45) is 0 Å². The second kappa shape index (κ2) is 20.4. The van der Waals surface area contributed by atoms with Crippen molar-refractivity contribution in [2.45, 2.75) is 26.4 Å². The fourth-order valence-corrected chi connectivity index (χ4v) is 3.23. The van der Waals surface area contributed by atoms with Crippen LogP contribution >= 0.6 is 0 Å². The molecule has 2 aromatic carbocycles. The number of rotatable bonds is 19. The predicted octanol–water partition coefficient (Wildman–Crippen LogP) is 3.14. The van der Waals surface area contributed by atoms with E-state index in [-0.39, 0.29) is 48.9 Å². The number of para-hydroxylation sites is 2. The van der Waals surface area contributed by atoms with Gasteiger partial charge in [0.25, 0.3) is 0 Å². The van der Waals surface area contributed by atoms with Crippen LogP contribution in [0.25, 0.3) is 0 Å². The molecule has 0 aromatic heterocycles. The van der Waals surface area contributed by atoms with E-state index in [1.165, 1.54) is 37.3 Å². The SMILES string of the molecule is CCC(=O)Oc1ccccc1C(=O)OCC(COC(=O)c1ccccc1OC(C)=O)OC(=O)OCCOCCOCCOC. The van der Waals surface area contributed by atoms with E-state index < -0.39 is 49.4 Å². The van der Waals surface area contributed by atoms with Gasteiger partial charge in [0, 0.05) is 20.5 Å². The van der Waals surface area contributed by atoms with Gasteiger partial charge in [-0.2, -0.15) is 0 Å². The van der Waals surface area contributed by atoms with Crippen molar-refractivity contribution in [1.29, 1.82) is 0 Å². The Kier molecular flexibility index (Phi) is 16.5. The summed E-state index contributed by atoms with van der Waals surface area (Å²) in [5.74, 6) is -3.03. The van der Waals surface area contributed by atoms with E-state index in [9.17, 15) is 24.0 Å². The Hall–Kier alpha value is -4.53. The predicted molar refractivity (Wildman–Crippen MR) is 150 cm³/mol. The minimum atomic E-state index is -1.31. The summed E-state index contributed by atoms with van der Waals surface area (Å²) in [7, 11) is 1.56. The first-order valence-electron chi connectivity index (χ1n) is 13.6.